The van der Waals surface area contributed by atoms with Crippen LogP contribution >= 0.6 is 0 Å². The summed E-state index contributed by atoms with van der Waals surface area (Å²) in [6.07, 6.45) is 0.379. The van der Waals surface area contributed by atoms with Crippen LogP contribution in [0, 0.1) is 23.1 Å². The van der Waals surface area contributed by atoms with Crippen LogP contribution in [0.2, 0.25) is 0 Å². The molecule has 0 radical (unpaired) electrons. The number of carbonyl (C=O) groups excluding carboxylic acids is 1. The van der Waals surface area contributed by atoms with Gasteiger partial charge in [-0.2, -0.15) is 5.26 Å². The van der Waals surface area contributed by atoms with E-state index in [9.17, 15) is 9.18 Å². The molecule has 3 atom stereocenters. The van der Waals surface area contributed by atoms with E-state index in [4.69, 9.17) is 5.26 Å². The molecule has 1 aromatic carbocycles. The lowest BCUT2D eigenvalue weighted by molar-refractivity contribution is -0.142. The number of hydrogen-bond acceptors (Lipinski definition) is 4. The quantitative estimate of drug-likeness (QED) is 0.806. The van der Waals surface area contributed by atoms with Gasteiger partial charge in [0.2, 0.25) is 0 Å². The smallest absolute Gasteiger partial charge is 0.322 e. The largest absolute Gasteiger partial charge is 0.468 e. The number of rotatable bonds is 2. The molecular formula is C13H13FN2O2. The van der Waals surface area contributed by atoms with Gasteiger partial charge in [0.1, 0.15) is 11.9 Å². The van der Waals surface area contributed by atoms with Crippen LogP contribution in [0.4, 0.5) is 4.39 Å². The van der Waals surface area contributed by atoms with Gasteiger partial charge in [0.25, 0.3) is 0 Å². The van der Waals surface area contributed by atoms with Gasteiger partial charge in [-0.3, -0.25) is 10.1 Å². The van der Waals surface area contributed by atoms with E-state index in [1.54, 1.807) is 12.1 Å². The standard InChI is InChI=1S/C13H13FN2O2/c1-18-13(17)11-6-9(7-15)12(16-11)8-3-2-4-10(14)5-8/h2-5,9,11-12,16H,6H2,1H3/t9-,11-,12-/m0/s1. The summed E-state index contributed by atoms with van der Waals surface area (Å²) < 4.78 is 17.8. The van der Waals surface area contributed by atoms with Crippen molar-refractivity contribution in [1.82, 2.24) is 5.32 Å². The molecule has 1 aliphatic heterocycles. The summed E-state index contributed by atoms with van der Waals surface area (Å²) >= 11 is 0. The van der Waals surface area contributed by atoms with Crippen LogP contribution in [0.5, 0.6) is 0 Å². The molecule has 2 rings (SSSR count). The number of benzene rings is 1. The number of hydrogen-bond donors (Lipinski definition) is 1. The molecule has 1 N–H and O–H groups in total. The Balaban J connectivity index is 2.23. The Kier molecular flexibility index (Phi) is 3.58. The second-order valence-corrected chi connectivity index (χ2v) is 4.25. The van der Waals surface area contributed by atoms with Gasteiger partial charge in [-0.1, -0.05) is 12.1 Å². The van der Waals surface area contributed by atoms with Gasteiger partial charge >= 0.3 is 5.97 Å². The lowest BCUT2D eigenvalue weighted by Crippen LogP contribution is -2.33. The van der Waals surface area contributed by atoms with Crippen LogP contribution in [-0.4, -0.2) is 19.1 Å². The fourth-order valence-corrected chi connectivity index (χ4v) is 2.25. The average Bonchev–Trinajstić information content (AvgIpc) is 2.82. The molecule has 1 aliphatic rings. The van der Waals surface area contributed by atoms with Crippen LogP contribution in [0.1, 0.15) is 18.0 Å². The molecular weight excluding hydrogens is 235 g/mol. The molecule has 1 heterocycles. The molecule has 4 nitrogen and oxygen atoms in total. The molecule has 0 spiro atoms. The molecule has 0 unspecified atom stereocenters. The number of carbonyl (C=O) groups is 1. The normalized spacial score (nSPS) is 26.6. The number of halogens is 1. The fraction of sp³-hybridized carbons (Fsp3) is 0.385. The van der Waals surface area contributed by atoms with Crippen LogP contribution in [-0.2, 0) is 9.53 Å². The molecule has 1 fully saturated rings. The molecule has 94 valence electrons. The topological polar surface area (TPSA) is 62.1 Å². The van der Waals surface area contributed by atoms with Crippen molar-refractivity contribution in [3.05, 3.63) is 35.6 Å². The predicted molar refractivity (Wildman–Crippen MR) is 61.8 cm³/mol. The van der Waals surface area contributed by atoms with Crippen molar-refractivity contribution in [2.45, 2.75) is 18.5 Å². The highest BCUT2D eigenvalue weighted by Crippen LogP contribution is 2.32. The third kappa shape index (κ3) is 2.34. The van der Waals surface area contributed by atoms with Crippen LogP contribution in [0.25, 0.3) is 0 Å². The predicted octanol–water partition coefficient (Wildman–Crippen LogP) is 1.54. The summed E-state index contributed by atoms with van der Waals surface area (Å²) in [5, 5.41) is 12.1. The van der Waals surface area contributed by atoms with E-state index in [2.05, 4.69) is 16.1 Å². The lowest BCUT2D eigenvalue weighted by atomic mass is 9.95. The van der Waals surface area contributed by atoms with Crippen molar-refractivity contribution in [2.75, 3.05) is 7.11 Å². The zero-order chi connectivity index (χ0) is 13.1. The number of esters is 1. The summed E-state index contributed by atoms with van der Waals surface area (Å²) in [6.45, 7) is 0. The van der Waals surface area contributed by atoms with Crippen molar-refractivity contribution in [3.8, 4) is 6.07 Å². The molecule has 0 saturated carbocycles. The van der Waals surface area contributed by atoms with Gasteiger partial charge in [0.15, 0.2) is 0 Å². The van der Waals surface area contributed by atoms with E-state index in [0.29, 0.717) is 12.0 Å². The minimum Gasteiger partial charge on any atom is -0.468 e. The van der Waals surface area contributed by atoms with E-state index in [1.165, 1.54) is 19.2 Å². The highest BCUT2D eigenvalue weighted by atomic mass is 19.1. The first kappa shape index (κ1) is 12.5. The van der Waals surface area contributed by atoms with E-state index in [-0.39, 0.29) is 17.8 Å². The molecule has 18 heavy (non-hydrogen) atoms. The van der Waals surface area contributed by atoms with Crippen LogP contribution in [0.15, 0.2) is 24.3 Å². The van der Waals surface area contributed by atoms with Crippen LogP contribution in [0.3, 0.4) is 0 Å². The molecule has 0 aliphatic carbocycles. The average molecular weight is 248 g/mol. The molecule has 0 aromatic heterocycles. The van der Waals surface area contributed by atoms with Crippen LogP contribution < -0.4 is 5.32 Å². The zero-order valence-corrected chi connectivity index (χ0v) is 9.89. The van der Waals surface area contributed by atoms with Crippen molar-refractivity contribution in [1.29, 1.82) is 5.26 Å². The van der Waals surface area contributed by atoms with Gasteiger partial charge < -0.3 is 4.74 Å². The van der Waals surface area contributed by atoms with Crippen molar-refractivity contribution < 1.29 is 13.9 Å². The number of nitrogens with zero attached hydrogens (tertiary/aromatic N) is 1. The fourth-order valence-electron chi connectivity index (χ4n) is 2.25. The Bertz CT molecular complexity index is 498. The van der Waals surface area contributed by atoms with Crippen molar-refractivity contribution >= 4 is 5.97 Å². The van der Waals surface area contributed by atoms with Gasteiger partial charge in [0.05, 0.1) is 19.1 Å². The van der Waals surface area contributed by atoms with Crippen molar-refractivity contribution in [3.63, 3.8) is 0 Å². The monoisotopic (exact) mass is 248 g/mol. The number of methoxy groups -OCH3 is 1. The van der Waals surface area contributed by atoms with Gasteiger partial charge in [-0.05, 0) is 24.1 Å². The minimum absolute atomic E-state index is 0.338. The van der Waals surface area contributed by atoms with E-state index in [0.717, 1.165) is 0 Å². The Morgan fingerprint density at radius 1 is 1.61 bits per heavy atom. The number of ether oxygens (including phenoxy) is 1. The highest BCUT2D eigenvalue weighted by molar-refractivity contribution is 5.76. The highest BCUT2D eigenvalue weighted by Gasteiger charge is 2.38. The Labute approximate surface area is 104 Å². The zero-order valence-electron chi connectivity index (χ0n) is 9.89. The first-order valence-corrected chi connectivity index (χ1v) is 5.64. The van der Waals surface area contributed by atoms with E-state index >= 15 is 0 Å². The summed E-state index contributed by atoms with van der Waals surface area (Å²) in [5.41, 5.74) is 0.674. The summed E-state index contributed by atoms with van der Waals surface area (Å²) in [4.78, 5) is 11.5. The Morgan fingerprint density at radius 3 is 3.00 bits per heavy atom. The van der Waals surface area contributed by atoms with Gasteiger partial charge in [-0.25, -0.2) is 4.39 Å². The Morgan fingerprint density at radius 2 is 2.39 bits per heavy atom. The maximum Gasteiger partial charge on any atom is 0.322 e. The first-order chi connectivity index (χ1) is 8.65. The summed E-state index contributed by atoms with van der Waals surface area (Å²) in [5.74, 6) is -1.11. The molecule has 0 bridgehead atoms. The molecule has 0 amide bonds. The Hall–Kier alpha value is -1.93. The molecule has 1 saturated heterocycles. The summed E-state index contributed by atoms with van der Waals surface area (Å²) in [6, 6.07) is 7.36. The maximum atomic E-state index is 13.2. The SMILES string of the molecule is COC(=O)[C@@H]1C[C@@H](C#N)[C@H](c2cccc(F)c2)N1. The molecule has 5 heteroatoms. The van der Waals surface area contributed by atoms with Gasteiger partial charge in [0, 0.05) is 6.04 Å². The van der Waals surface area contributed by atoms with Crippen molar-refractivity contribution in [2.24, 2.45) is 5.92 Å². The first-order valence-electron chi connectivity index (χ1n) is 5.64. The van der Waals surface area contributed by atoms with E-state index in [1.807, 2.05) is 0 Å². The second-order valence-electron chi connectivity index (χ2n) is 4.25. The lowest BCUT2D eigenvalue weighted by Gasteiger charge is -2.15. The minimum atomic E-state index is -0.507. The summed E-state index contributed by atoms with van der Waals surface area (Å²) in [7, 11) is 1.31. The third-order valence-corrected chi connectivity index (χ3v) is 3.13. The van der Waals surface area contributed by atoms with Gasteiger partial charge in [-0.15, -0.1) is 0 Å². The number of nitriles is 1. The second kappa shape index (κ2) is 5.15. The van der Waals surface area contributed by atoms with E-state index < -0.39 is 12.0 Å². The maximum absolute atomic E-state index is 13.2. The number of nitrogens with one attached hydrogen (secondary N) is 1. The molecule has 1 aromatic rings. The third-order valence-electron chi connectivity index (χ3n) is 3.13.